The van der Waals surface area contributed by atoms with Crippen molar-refractivity contribution in [2.24, 2.45) is 11.8 Å². The highest BCUT2D eigenvalue weighted by Crippen LogP contribution is 2.67. The predicted octanol–water partition coefficient (Wildman–Crippen LogP) is 19.5. The summed E-state index contributed by atoms with van der Waals surface area (Å²) < 4.78 is 0. The van der Waals surface area contributed by atoms with Gasteiger partial charge in [-0.2, -0.15) is 0 Å². The van der Waals surface area contributed by atoms with Crippen molar-refractivity contribution in [3.05, 3.63) is 174 Å². The summed E-state index contributed by atoms with van der Waals surface area (Å²) >= 11 is 0. The second-order valence-electron chi connectivity index (χ2n) is 28.3. The Balaban J connectivity index is 0.939. The van der Waals surface area contributed by atoms with E-state index >= 15 is 0 Å². The fraction of sp³-hybridized carbons (Fsp3) is 0.526. The fourth-order valence-electron chi connectivity index (χ4n) is 19.3. The maximum absolute atomic E-state index is 12.6. The van der Waals surface area contributed by atoms with Gasteiger partial charge in [0.05, 0.1) is 0 Å². The Morgan fingerprint density at radius 2 is 0.585 bits per heavy atom. The zero-order valence-corrected chi connectivity index (χ0v) is 49.8. The Kier molecular flexibility index (Phi) is 15.0. The summed E-state index contributed by atoms with van der Waals surface area (Å²) in [5.74, 6) is 3.66. The first-order valence-electron chi connectivity index (χ1n) is 32.7. The van der Waals surface area contributed by atoms with Crippen LogP contribution in [0.25, 0.3) is 0 Å². The van der Waals surface area contributed by atoms with Crippen molar-refractivity contribution < 1.29 is 30.6 Å². The van der Waals surface area contributed by atoms with Crippen LogP contribution < -0.4 is 0 Å². The Labute approximate surface area is 489 Å². The largest absolute Gasteiger partial charge is 0.508 e. The first-order valence-corrected chi connectivity index (χ1v) is 32.7. The summed E-state index contributed by atoms with van der Waals surface area (Å²) in [4.78, 5) is 0. The minimum Gasteiger partial charge on any atom is -0.508 e. The lowest BCUT2D eigenvalue weighted by atomic mass is 9.41. The molecule has 0 aromatic heterocycles. The van der Waals surface area contributed by atoms with Crippen molar-refractivity contribution in [2.75, 3.05) is 0 Å². The fourth-order valence-corrected chi connectivity index (χ4v) is 19.3. The molecule has 0 spiro atoms. The maximum Gasteiger partial charge on any atom is 0.119 e. The third-order valence-corrected chi connectivity index (χ3v) is 23.0. The smallest absolute Gasteiger partial charge is 0.119 e. The lowest BCUT2D eigenvalue weighted by Gasteiger charge is -2.63. The van der Waals surface area contributed by atoms with Crippen LogP contribution in [0.1, 0.15) is 291 Å². The summed E-state index contributed by atoms with van der Waals surface area (Å²) in [6, 6.07) is 30.4. The van der Waals surface area contributed by atoms with Crippen molar-refractivity contribution in [2.45, 2.75) is 241 Å². The van der Waals surface area contributed by atoms with Gasteiger partial charge in [0.25, 0.3) is 0 Å². The zero-order chi connectivity index (χ0) is 56.6. The highest BCUT2D eigenvalue weighted by Gasteiger charge is 2.59. The Hall–Kier alpha value is -5.88. The molecule has 432 valence electrons. The van der Waals surface area contributed by atoms with Crippen molar-refractivity contribution >= 4 is 0 Å². The van der Waals surface area contributed by atoms with Gasteiger partial charge in [-0.15, -0.1) is 0 Å². The van der Waals surface area contributed by atoms with Gasteiger partial charge in [-0.25, -0.2) is 0 Å². The molecule has 0 unspecified atom stereocenters. The van der Waals surface area contributed by atoms with Crippen LogP contribution in [0.3, 0.4) is 0 Å². The molecule has 82 heavy (non-hydrogen) atoms. The quantitative estimate of drug-likeness (QED) is 0.0679. The van der Waals surface area contributed by atoms with Crippen LogP contribution in [0.5, 0.6) is 34.5 Å². The summed E-state index contributed by atoms with van der Waals surface area (Å²) in [6.07, 6.45) is 29.4. The normalized spacial score (nSPS) is 24.7. The third-order valence-electron chi connectivity index (χ3n) is 23.0. The standard InChI is InChI=1S/C76H92O6/c1-45-29-69(79)61(51-17-9-5-10-18-51)36-57(45)73(58-37-62(70(80)30-46(58)2)52-19-11-6-12-20-52)65-34-55(25-27-67(65)77)75-40-49-33-50(41-75)43-76(42-49,44-75)56-26-28-68(78)66(35-56)74(59-38-63(71(81)31-47(59)3)53-21-13-7-14-22-53)60-39-64(72(82)32-48(60)4)54-23-15-8-16-24-54/h25-32,34-39,49-54,73-74,77-82H,5-24,33,40-44H2,1-4H3. The van der Waals surface area contributed by atoms with E-state index in [1.54, 1.807) is 0 Å². The minimum absolute atomic E-state index is 0.131. The second-order valence-corrected chi connectivity index (χ2v) is 28.3. The Bertz CT molecular complexity index is 2980. The van der Waals surface area contributed by atoms with Gasteiger partial charge >= 0.3 is 0 Å². The summed E-state index contributed by atoms with van der Waals surface area (Å²) in [5, 5.41) is 72.1. The topological polar surface area (TPSA) is 121 Å². The van der Waals surface area contributed by atoms with Gasteiger partial charge in [-0.1, -0.05) is 126 Å². The van der Waals surface area contributed by atoms with E-state index in [9.17, 15) is 30.6 Å². The van der Waals surface area contributed by atoms with Crippen LogP contribution in [0, 0.1) is 39.5 Å². The van der Waals surface area contributed by atoms with Crippen LogP contribution in [-0.4, -0.2) is 30.6 Å². The minimum atomic E-state index is -0.325. The summed E-state index contributed by atoms with van der Waals surface area (Å²) in [7, 11) is 0. The third kappa shape index (κ3) is 10.1. The van der Waals surface area contributed by atoms with Crippen molar-refractivity contribution in [1.82, 2.24) is 0 Å². The lowest BCUT2D eigenvalue weighted by Crippen LogP contribution is -2.56. The summed E-state index contributed by atoms with van der Waals surface area (Å²) in [6.45, 7) is 8.51. The van der Waals surface area contributed by atoms with Crippen LogP contribution in [-0.2, 0) is 10.8 Å². The molecule has 0 saturated heterocycles. The van der Waals surface area contributed by atoms with Gasteiger partial charge in [0.15, 0.2) is 0 Å². The van der Waals surface area contributed by atoms with Gasteiger partial charge in [0.2, 0.25) is 0 Å². The van der Waals surface area contributed by atoms with Crippen LogP contribution in [0.15, 0.2) is 84.9 Å². The number of aromatic hydroxyl groups is 6. The molecule has 8 aliphatic carbocycles. The van der Waals surface area contributed by atoms with E-state index in [1.165, 1.54) is 43.2 Å². The number of hydrogen-bond acceptors (Lipinski definition) is 6. The zero-order valence-electron chi connectivity index (χ0n) is 49.8. The molecule has 6 nitrogen and oxygen atoms in total. The number of rotatable bonds is 12. The SMILES string of the molecule is Cc1cc(O)c(C2CCCCC2)cc1C(c1cc(C2CCCCC2)c(O)cc1C)c1cc(C23CC4CC(C2)CC(c2ccc(O)c(C(c5cc(C6CCCCC6)c(O)cc5C)c5cc(C6CCCCC6)c(O)cc5C)c2)(C4)C3)ccc1O. The monoisotopic (exact) mass is 1100 g/mol. The Morgan fingerprint density at radius 3 is 0.854 bits per heavy atom. The molecule has 8 fully saturated rings. The van der Waals surface area contributed by atoms with E-state index in [0.717, 1.165) is 213 Å². The molecule has 0 radical (unpaired) electrons. The average molecular weight is 1100 g/mol. The highest BCUT2D eigenvalue weighted by atomic mass is 16.3. The van der Waals surface area contributed by atoms with Gasteiger partial charge in [-0.3, -0.25) is 0 Å². The number of phenolic OH excluding ortho intramolecular Hbond substituents is 6. The number of benzene rings is 6. The van der Waals surface area contributed by atoms with E-state index in [0.29, 0.717) is 58.5 Å². The average Bonchev–Trinajstić information content (AvgIpc) is 1.62. The molecule has 0 heterocycles. The molecule has 0 aliphatic heterocycles. The van der Waals surface area contributed by atoms with Crippen LogP contribution in [0.4, 0.5) is 0 Å². The van der Waals surface area contributed by atoms with E-state index in [2.05, 4.69) is 76.2 Å². The number of hydrogen-bond donors (Lipinski definition) is 6. The molecule has 6 heteroatoms. The first kappa shape index (κ1) is 55.3. The maximum atomic E-state index is 12.6. The highest BCUT2D eigenvalue weighted by molar-refractivity contribution is 5.62. The summed E-state index contributed by atoms with van der Waals surface area (Å²) in [5.41, 5.74) is 16.8. The van der Waals surface area contributed by atoms with Crippen LogP contribution >= 0.6 is 0 Å². The molecule has 14 rings (SSSR count). The number of phenols is 6. The molecule has 8 aliphatic rings. The van der Waals surface area contributed by atoms with Gasteiger partial charge in [-0.05, 0) is 278 Å². The molecular formula is C76H92O6. The number of aryl methyl sites for hydroxylation is 4. The van der Waals surface area contributed by atoms with E-state index in [1.807, 2.05) is 36.4 Å². The van der Waals surface area contributed by atoms with Crippen LogP contribution in [0.2, 0.25) is 0 Å². The predicted molar refractivity (Wildman–Crippen MR) is 331 cm³/mol. The Morgan fingerprint density at radius 1 is 0.317 bits per heavy atom. The molecule has 4 bridgehead atoms. The van der Waals surface area contributed by atoms with E-state index in [4.69, 9.17) is 0 Å². The first-order chi connectivity index (χ1) is 39.7. The van der Waals surface area contributed by atoms with Crippen molar-refractivity contribution in [1.29, 1.82) is 0 Å². The molecular weight excluding hydrogens is 1010 g/mol. The molecule has 8 saturated carbocycles. The molecule has 0 atom stereocenters. The van der Waals surface area contributed by atoms with Gasteiger partial charge < -0.3 is 30.6 Å². The molecule has 6 aromatic carbocycles. The van der Waals surface area contributed by atoms with E-state index in [-0.39, 0.29) is 34.2 Å². The lowest BCUT2D eigenvalue weighted by molar-refractivity contribution is -0.0282. The van der Waals surface area contributed by atoms with Crippen molar-refractivity contribution in [3.8, 4) is 34.5 Å². The van der Waals surface area contributed by atoms with Gasteiger partial charge in [0.1, 0.15) is 34.5 Å². The van der Waals surface area contributed by atoms with E-state index < -0.39 is 0 Å². The molecule has 6 N–H and O–H groups in total. The second kappa shape index (κ2) is 22.3. The van der Waals surface area contributed by atoms with Gasteiger partial charge in [0, 0.05) is 23.0 Å². The van der Waals surface area contributed by atoms with Crippen molar-refractivity contribution in [3.63, 3.8) is 0 Å². The molecule has 0 amide bonds. The molecule has 6 aromatic rings.